The maximum absolute atomic E-state index is 13.8. The maximum atomic E-state index is 13.8. The first-order valence-electron chi connectivity index (χ1n) is 5.93. The van der Waals surface area contributed by atoms with E-state index in [2.05, 4.69) is 22.1 Å². The molecule has 0 aliphatic rings. The second-order valence-corrected chi connectivity index (χ2v) is 4.87. The normalized spacial score (nSPS) is 9.67. The van der Waals surface area contributed by atoms with Crippen LogP contribution in [0.5, 0.6) is 5.75 Å². The SMILES string of the molecule is COc1ccc(C(=O)Nc2ncc(C#CCN)s2)c(F)c1. The molecule has 1 aromatic carbocycles. The van der Waals surface area contributed by atoms with Gasteiger partial charge in [-0.3, -0.25) is 10.1 Å². The van der Waals surface area contributed by atoms with Crippen molar-refractivity contribution in [3.05, 3.63) is 40.7 Å². The third-order valence-corrected chi connectivity index (χ3v) is 3.29. The summed E-state index contributed by atoms with van der Waals surface area (Å²) in [6.45, 7) is 0.247. The van der Waals surface area contributed by atoms with Crippen molar-refractivity contribution in [1.29, 1.82) is 0 Å². The maximum Gasteiger partial charge on any atom is 0.260 e. The predicted octanol–water partition coefficient (Wildman–Crippen LogP) is 1.85. The number of nitrogens with zero attached hydrogens (tertiary/aromatic N) is 1. The Balaban J connectivity index is 2.12. The molecule has 21 heavy (non-hydrogen) atoms. The molecule has 0 unspecified atom stereocenters. The van der Waals surface area contributed by atoms with Crippen molar-refractivity contribution < 1.29 is 13.9 Å². The summed E-state index contributed by atoms with van der Waals surface area (Å²) in [5, 5.41) is 2.87. The molecule has 1 aromatic heterocycles. The van der Waals surface area contributed by atoms with Crippen molar-refractivity contribution in [1.82, 2.24) is 4.98 Å². The standard InChI is InChI=1S/C14H12FN3O2S/c1-20-9-4-5-11(12(15)7-9)13(19)18-14-17-8-10(21-14)3-2-6-16/h4-5,7-8H,6,16H2,1H3,(H,17,18,19). The van der Waals surface area contributed by atoms with Crippen LogP contribution in [0.15, 0.2) is 24.4 Å². The van der Waals surface area contributed by atoms with Gasteiger partial charge in [0.05, 0.1) is 30.3 Å². The van der Waals surface area contributed by atoms with Crippen LogP contribution in [0.2, 0.25) is 0 Å². The largest absolute Gasteiger partial charge is 0.497 e. The van der Waals surface area contributed by atoms with Crippen LogP contribution in [0.1, 0.15) is 15.2 Å². The third kappa shape index (κ3) is 3.78. The second-order valence-electron chi connectivity index (χ2n) is 3.84. The Morgan fingerprint density at radius 1 is 1.57 bits per heavy atom. The monoisotopic (exact) mass is 305 g/mol. The first-order valence-corrected chi connectivity index (χ1v) is 6.75. The van der Waals surface area contributed by atoms with Gasteiger partial charge >= 0.3 is 0 Å². The van der Waals surface area contributed by atoms with Gasteiger partial charge in [-0.2, -0.15) is 0 Å². The summed E-state index contributed by atoms with van der Waals surface area (Å²) >= 11 is 1.19. The number of ether oxygens (including phenoxy) is 1. The van der Waals surface area contributed by atoms with Gasteiger partial charge in [-0.1, -0.05) is 23.2 Å². The van der Waals surface area contributed by atoms with Gasteiger partial charge in [0, 0.05) is 6.07 Å². The van der Waals surface area contributed by atoms with E-state index in [0.29, 0.717) is 15.8 Å². The zero-order valence-electron chi connectivity index (χ0n) is 11.1. The minimum Gasteiger partial charge on any atom is -0.497 e. The smallest absolute Gasteiger partial charge is 0.260 e. The van der Waals surface area contributed by atoms with E-state index in [1.807, 2.05) is 0 Å². The molecule has 0 atom stereocenters. The van der Waals surface area contributed by atoms with E-state index in [9.17, 15) is 9.18 Å². The lowest BCUT2D eigenvalue weighted by Gasteiger charge is -2.05. The summed E-state index contributed by atoms with van der Waals surface area (Å²) in [7, 11) is 1.42. The van der Waals surface area contributed by atoms with Gasteiger partial charge in [-0.25, -0.2) is 9.37 Å². The molecule has 0 saturated carbocycles. The highest BCUT2D eigenvalue weighted by molar-refractivity contribution is 7.16. The first kappa shape index (κ1) is 15.0. The number of nitrogens with one attached hydrogen (secondary N) is 1. The van der Waals surface area contributed by atoms with Crippen LogP contribution < -0.4 is 15.8 Å². The van der Waals surface area contributed by atoms with Gasteiger partial charge in [-0.15, -0.1) is 0 Å². The highest BCUT2D eigenvalue weighted by Gasteiger charge is 2.14. The number of rotatable bonds is 3. The van der Waals surface area contributed by atoms with Crippen LogP contribution in [0.25, 0.3) is 0 Å². The lowest BCUT2D eigenvalue weighted by atomic mass is 10.2. The number of benzene rings is 1. The topological polar surface area (TPSA) is 77.2 Å². The van der Waals surface area contributed by atoms with E-state index in [4.69, 9.17) is 10.5 Å². The molecule has 0 aliphatic carbocycles. The van der Waals surface area contributed by atoms with E-state index in [-0.39, 0.29) is 12.1 Å². The number of carbonyl (C=O) groups is 1. The number of thiazole rings is 1. The Morgan fingerprint density at radius 2 is 2.38 bits per heavy atom. The predicted molar refractivity (Wildman–Crippen MR) is 79.0 cm³/mol. The molecule has 2 aromatic rings. The number of carbonyl (C=O) groups excluding carboxylic acids is 1. The Kier molecular flexibility index (Phi) is 4.87. The zero-order valence-corrected chi connectivity index (χ0v) is 12.0. The number of hydrogen-bond donors (Lipinski definition) is 2. The van der Waals surface area contributed by atoms with Crippen LogP contribution in [0.3, 0.4) is 0 Å². The summed E-state index contributed by atoms with van der Waals surface area (Å²) in [6.07, 6.45) is 1.52. The molecule has 1 amide bonds. The number of methoxy groups -OCH3 is 1. The summed E-state index contributed by atoms with van der Waals surface area (Å²) in [5.41, 5.74) is 5.19. The number of hydrogen-bond acceptors (Lipinski definition) is 5. The Morgan fingerprint density at radius 3 is 3.05 bits per heavy atom. The first-order chi connectivity index (χ1) is 10.1. The van der Waals surface area contributed by atoms with Crippen molar-refractivity contribution >= 4 is 22.4 Å². The van der Waals surface area contributed by atoms with E-state index >= 15 is 0 Å². The van der Waals surface area contributed by atoms with Gasteiger partial charge in [0.15, 0.2) is 5.13 Å². The third-order valence-electron chi connectivity index (χ3n) is 2.46. The number of halogens is 1. The fourth-order valence-electron chi connectivity index (χ4n) is 1.50. The highest BCUT2D eigenvalue weighted by atomic mass is 32.1. The fourth-order valence-corrected chi connectivity index (χ4v) is 2.19. The fraction of sp³-hybridized carbons (Fsp3) is 0.143. The lowest BCUT2D eigenvalue weighted by molar-refractivity contribution is 0.102. The van der Waals surface area contributed by atoms with E-state index in [1.54, 1.807) is 0 Å². The molecular formula is C14H12FN3O2S. The zero-order chi connectivity index (χ0) is 15.2. The molecule has 7 heteroatoms. The van der Waals surface area contributed by atoms with Crippen LogP contribution in [-0.4, -0.2) is 24.5 Å². The summed E-state index contributed by atoms with van der Waals surface area (Å²) in [5.74, 6) is 4.59. The van der Waals surface area contributed by atoms with E-state index < -0.39 is 11.7 Å². The van der Waals surface area contributed by atoms with E-state index in [0.717, 1.165) is 6.07 Å². The average molecular weight is 305 g/mol. The van der Waals surface area contributed by atoms with Crippen molar-refractivity contribution in [3.63, 3.8) is 0 Å². The van der Waals surface area contributed by atoms with E-state index in [1.165, 1.54) is 36.8 Å². The Labute approximate surface area is 125 Å². The molecular weight excluding hydrogens is 293 g/mol. The Bertz CT molecular complexity index is 718. The average Bonchev–Trinajstić information content (AvgIpc) is 2.92. The molecule has 1 heterocycles. The molecule has 0 radical (unpaired) electrons. The minimum absolute atomic E-state index is 0.0828. The number of nitrogens with two attached hydrogens (primary N) is 1. The quantitative estimate of drug-likeness (QED) is 0.849. The summed E-state index contributed by atoms with van der Waals surface area (Å²) in [6, 6.07) is 4.01. The highest BCUT2D eigenvalue weighted by Crippen LogP contribution is 2.20. The molecule has 2 rings (SSSR count). The van der Waals surface area contributed by atoms with Gasteiger partial charge in [0.25, 0.3) is 5.91 Å². The molecule has 108 valence electrons. The van der Waals surface area contributed by atoms with Crippen molar-refractivity contribution in [2.24, 2.45) is 5.73 Å². The molecule has 0 bridgehead atoms. The number of amides is 1. The molecule has 0 fully saturated rings. The molecule has 0 aliphatic heterocycles. The Hall–Kier alpha value is -2.43. The molecule has 0 spiro atoms. The van der Waals surface area contributed by atoms with Gasteiger partial charge in [0.1, 0.15) is 11.6 Å². The number of aromatic nitrogens is 1. The van der Waals surface area contributed by atoms with Gasteiger partial charge < -0.3 is 10.5 Å². The van der Waals surface area contributed by atoms with Crippen molar-refractivity contribution in [2.75, 3.05) is 19.0 Å². The van der Waals surface area contributed by atoms with Crippen LogP contribution in [0.4, 0.5) is 9.52 Å². The van der Waals surface area contributed by atoms with Gasteiger partial charge in [-0.05, 0) is 12.1 Å². The number of anilines is 1. The second kappa shape index (κ2) is 6.83. The van der Waals surface area contributed by atoms with Crippen LogP contribution in [-0.2, 0) is 0 Å². The summed E-state index contributed by atoms with van der Waals surface area (Å²) in [4.78, 5) is 16.6. The molecule has 0 saturated heterocycles. The van der Waals surface area contributed by atoms with Gasteiger partial charge in [0.2, 0.25) is 0 Å². The van der Waals surface area contributed by atoms with Crippen molar-refractivity contribution in [2.45, 2.75) is 0 Å². The molecule has 5 nitrogen and oxygen atoms in total. The lowest BCUT2D eigenvalue weighted by Crippen LogP contribution is -2.13. The van der Waals surface area contributed by atoms with Crippen LogP contribution >= 0.6 is 11.3 Å². The van der Waals surface area contributed by atoms with Crippen LogP contribution in [0, 0.1) is 17.7 Å². The minimum atomic E-state index is -0.661. The van der Waals surface area contributed by atoms with Crippen molar-refractivity contribution in [3.8, 4) is 17.6 Å². The summed E-state index contributed by atoms with van der Waals surface area (Å²) < 4.78 is 18.6. The molecule has 3 N–H and O–H groups in total.